The van der Waals surface area contributed by atoms with Crippen molar-refractivity contribution in [1.29, 1.82) is 0 Å². The van der Waals surface area contributed by atoms with Crippen molar-refractivity contribution in [3.8, 4) is 0 Å². The van der Waals surface area contributed by atoms with Crippen LogP contribution in [0.3, 0.4) is 0 Å². The number of ether oxygens (including phenoxy) is 1. The molecule has 4 nitrogen and oxygen atoms in total. The van der Waals surface area contributed by atoms with Crippen molar-refractivity contribution < 1.29 is 13.5 Å². The number of hydrogen-bond acceptors (Lipinski definition) is 2. The molecule has 23 heavy (non-hydrogen) atoms. The van der Waals surface area contributed by atoms with E-state index >= 15 is 0 Å². The molecule has 0 amide bonds. The normalized spacial score (nSPS) is 11.8. The molecule has 0 bridgehead atoms. The van der Waals surface area contributed by atoms with Crippen molar-refractivity contribution in [2.45, 2.75) is 32.8 Å². The SMILES string of the molecule is CCNC(=NCC(C)(C)OC)NCCc1cc(F)ccc1F.I. The lowest BCUT2D eigenvalue weighted by Crippen LogP contribution is -2.40. The van der Waals surface area contributed by atoms with Gasteiger partial charge in [-0.2, -0.15) is 0 Å². The van der Waals surface area contributed by atoms with E-state index in [9.17, 15) is 8.78 Å². The van der Waals surface area contributed by atoms with Gasteiger partial charge in [0.2, 0.25) is 0 Å². The highest BCUT2D eigenvalue weighted by atomic mass is 127. The van der Waals surface area contributed by atoms with Crippen LogP contribution in [-0.4, -0.2) is 38.3 Å². The Bertz CT molecular complexity index is 510. The fraction of sp³-hybridized carbons (Fsp3) is 0.562. The fourth-order valence-electron chi connectivity index (χ4n) is 1.73. The third kappa shape index (κ3) is 8.45. The summed E-state index contributed by atoms with van der Waals surface area (Å²) in [5.74, 6) is -0.200. The quantitative estimate of drug-likeness (QED) is 0.389. The molecule has 0 aromatic heterocycles. The van der Waals surface area contributed by atoms with Gasteiger partial charge in [0.25, 0.3) is 0 Å². The van der Waals surface area contributed by atoms with E-state index in [2.05, 4.69) is 15.6 Å². The summed E-state index contributed by atoms with van der Waals surface area (Å²) in [7, 11) is 1.64. The van der Waals surface area contributed by atoms with E-state index in [1.165, 1.54) is 6.07 Å². The van der Waals surface area contributed by atoms with Gasteiger partial charge in [0.05, 0.1) is 12.1 Å². The average Bonchev–Trinajstić information content (AvgIpc) is 2.48. The molecule has 2 N–H and O–H groups in total. The number of aliphatic imine (C=N–C) groups is 1. The van der Waals surface area contributed by atoms with Gasteiger partial charge in [0.15, 0.2) is 5.96 Å². The maximum Gasteiger partial charge on any atom is 0.191 e. The van der Waals surface area contributed by atoms with Gasteiger partial charge in [-0.3, -0.25) is 4.99 Å². The predicted octanol–water partition coefficient (Wildman–Crippen LogP) is 3.11. The summed E-state index contributed by atoms with van der Waals surface area (Å²) in [6, 6.07) is 3.48. The topological polar surface area (TPSA) is 45.7 Å². The summed E-state index contributed by atoms with van der Waals surface area (Å²) in [5, 5.41) is 6.21. The molecular weight excluding hydrogens is 415 g/mol. The minimum Gasteiger partial charge on any atom is -0.377 e. The maximum atomic E-state index is 13.5. The standard InChI is InChI=1S/C16H25F2N3O.HI/c1-5-19-15(21-11-16(2,3)22-4)20-9-8-12-10-13(17)6-7-14(12)18;/h6-7,10H,5,8-9,11H2,1-4H3,(H2,19,20,21);1H. The Balaban J connectivity index is 0.00000484. The summed E-state index contributed by atoms with van der Waals surface area (Å²) in [4.78, 5) is 4.43. The van der Waals surface area contributed by atoms with Crippen LogP contribution in [0, 0.1) is 11.6 Å². The summed E-state index contributed by atoms with van der Waals surface area (Å²) in [6.45, 7) is 7.52. The Hall–Kier alpha value is -0.960. The van der Waals surface area contributed by atoms with Gasteiger partial charge >= 0.3 is 0 Å². The van der Waals surface area contributed by atoms with Crippen LogP contribution in [0.25, 0.3) is 0 Å². The Kier molecular flexibility index (Phi) is 10.3. The van der Waals surface area contributed by atoms with Gasteiger partial charge in [0.1, 0.15) is 11.6 Å². The monoisotopic (exact) mass is 441 g/mol. The average molecular weight is 441 g/mol. The van der Waals surface area contributed by atoms with Crippen LogP contribution in [0.2, 0.25) is 0 Å². The molecule has 0 aliphatic heterocycles. The molecule has 0 radical (unpaired) electrons. The van der Waals surface area contributed by atoms with Crippen molar-refractivity contribution in [2.75, 3.05) is 26.7 Å². The van der Waals surface area contributed by atoms with E-state index in [-0.39, 0.29) is 29.6 Å². The zero-order valence-corrected chi connectivity index (χ0v) is 16.4. The zero-order chi connectivity index (χ0) is 16.6. The van der Waals surface area contributed by atoms with Gasteiger partial charge in [0, 0.05) is 20.2 Å². The molecule has 132 valence electrons. The van der Waals surface area contributed by atoms with E-state index in [4.69, 9.17) is 4.74 Å². The third-order valence-corrected chi connectivity index (χ3v) is 3.21. The number of nitrogens with zero attached hydrogens (tertiary/aromatic N) is 1. The van der Waals surface area contributed by atoms with Crippen LogP contribution >= 0.6 is 24.0 Å². The van der Waals surface area contributed by atoms with Crippen molar-refractivity contribution in [3.63, 3.8) is 0 Å². The molecule has 0 unspecified atom stereocenters. The van der Waals surface area contributed by atoms with Crippen LogP contribution in [0.4, 0.5) is 8.78 Å². The second-order valence-electron chi connectivity index (χ2n) is 5.57. The first kappa shape index (κ1) is 22.0. The number of guanidine groups is 1. The molecular formula is C16H26F2IN3O. The number of methoxy groups -OCH3 is 1. The number of nitrogens with one attached hydrogen (secondary N) is 2. The summed E-state index contributed by atoms with van der Waals surface area (Å²) in [5.41, 5.74) is -0.00243. The van der Waals surface area contributed by atoms with Crippen LogP contribution < -0.4 is 10.6 Å². The van der Waals surface area contributed by atoms with Gasteiger partial charge in [-0.1, -0.05) is 0 Å². The van der Waals surface area contributed by atoms with Gasteiger partial charge in [-0.15, -0.1) is 24.0 Å². The van der Waals surface area contributed by atoms with Gasteiger partial charge < -0.3 is 15.4 Å². The third-order valence-electron chi connectivity index (χ3n) is 3.21. The van der Waals surface area contributed by atoms with Crippen LogP contribution in [0.5, 0.6) is 0 Å². The molecule has 0 atom stereocenters. The molecule has 1 aromatic carbocycles. The van der Waals surface area contributed by atoms with Crippen LogP contribution in [0.1, 0.15) is 26.3 Å². The first-order chi connectivity index (χ1) is 10.4. The van der Waals surface area contributed by atoms with E-state index < -0.39 is 11.6 Å². The van der Waals surface area contributed by atoms with Crippen molar-refractivity contribution in [1.82, 2.24) is 10.6 Å². The minimum atomic E-state index is -0.432. The molecule has 1 rings (SSSR count). The first-order valence-electron chi connectivity index (χ1n) is 7.39. The van der Waals surface area contributed by atoms with Crippen LogP contribution in [-0.2, 0) is 11.2 Å². The smallest absolute Gasteiger partial charge is 0.191 e. The molecule has 0 saturated heterocycles. The summed E-state index contributed by atoms with van der Waals surface area (Å²) in [6.07, 6.45) is 0.377. The molecule has 0 saturated carbocycles. The molecule has 0 aliphatic carbocycles. The molecule has 0 heterocycles. The van der Waals surface area contributed by atoms with Crippen molar-refractivity contribution in [3.05, 3.63) is 35.4 Å². The van der Waals surface area contributed by atoms with E-state index in [1.807, 2.05) is 20.8 Å². The predicted molar refractivity (Wildman–Crippen MR) is 101 cm³/mol. The second kappa shape index (κ2) is 10.7. The second-order valence-corrected chi connectivity index (χ2v) is 5.57. The lowest BCUT2D eigenvalue weighted by atomic mass is 10.1. The Morgan fingerprint density at radius 1 is 1.26 bits per heavy atom. The Morgan fingerprint density at radius 2 is 1.96 bits per heavy atom. The highest BCUT2D eigenvalue weighted by Gasteiger charge is 2.15. The number of rotatable bonds is 7. The first-order valence-corrected chi connectivity index (χ1v) is 7.39. The van der Waals surface area contributed by atoms with Gasteiger partial charge in [-0.05, 0) is 51.0 Å². The lowest BCUT2D eigenvalue weighted by molar-refractivity contribution is 0.0310. The van der Waals surface area contributed by atoms with Crippen molar-refractivity contribution >= 4 is 29.9 Å². The molecule has 7 heteroatoms. The molecule has 1 aromatic rings. The van der Waals surface area contributed by atoms with Crippen LogP contribution in [0.15, 0.2) is 23.2 Å². The Morgan fingerprint density at radius 3 is 2.57 bits per heavy atom. The minimum absolute atomic E-state index is 0. The summed E-state index contributed by atoms with van der Waals surface area (Å²) < 4.78 is 32.0. The van der Waals surface area contributed by atoms with E-state index in [1.54, 1.807) is 7.11 Å². The zero-order valence-electron chi connectivity index (χ0n) is 14.1. The van der Waals surface area contributed by atoms with E-state index in [0.29, 0.717) is 37.6 Å². The lowest BCUT2D eigenvalue weighted by Gasteiger charge is -2.21. The Labute approximate surface area is 154 Å². The fourth-order valence-corrected chi connectivity index (χ4v) is 1.73. The number of benzene rings is 1. The number of halogens is 3. The molecule has 0 fully saturated rings. The number of hydrogen-bond donors (Lipinski definition) is 2. The maximum absolute atomic E-state index is 13.5. The highest BCUT2D eigenvalue weighted by Crippen LogP contribution is 2.10. The highest BCUT2D eigenvalue weighted by molar-refractivity contribution is 14.0. The van der Waals surface area contributed by atoms with Crippen molar-refractivity contribution in [2.24, 2.45) is 4.99 Å². The summed E-state index contributed by atoms with van der Waals surface area (Å²) >= 11 is 0. The largest absolute Gasteiger partial charge is 0.377 e. The van der Waals surface area contributed by atoms with Gasteiger partial charge in [-0.25, -0.2) is 8.78 Å². The molecule has 0 spiro atoms. The molecule has 0 aliphatic rings. The van der Waals surface area contributed by atoms with E-state index in [0.717, 1.165) is 12.1 Å².